The number of aromatic nitrogens is 2. The van der Waals surface area contributed by atoms with Gasteiger partial charge in [0.1, 0.15) is 23.0 Å². The third-order valence-corrected chi connectivity index (χ3v) is 8.79. The van der Waals surface area contributed by atoms with E-state index in [0.717, 1.165) is 68.3 Å². The van der Waals surface area contributed by atoms with Crippen LogP contribution in [0.2, 0.25) is 0 Å². The molecule has 7 rings (SSSR count). The van der Waals surface area contributed by atoms with Crippen molar-refractivity contribution in [2.45, 2.75) is 65.7 Å². The van der Waals surface area contributed by atoms with E-state index in [-0.39, 0.29) is 17.5 Å². The molecule has 0 aliphatic carbocycles. The monoisotopic (exact) mass is 564 g/mol. The van der Waals surface area contributed by atoms with E-state index in [4.69, 9.17) is 19.4 Å². The first-order chi connectivity index (χ1) is 20.5. The quantitative estimate of drug-likeness (QED) is 0.206. The molecule has 5 heteroatoms. The van der Waals surface area contributed by atoms with Crippen molar-refractivity contribution in [3.05, 3.63) is 102 Å². The molecule has 0 radical (unpaired) electrons. The molecule has 0 unspecified atom stereocenters. The Hall–Kier alpha value is -4.38. The minimum absolute atomic E-state index is 0.0359. The highest BCUT2D eigenvalue weighted by Gasteiger charge is 2.41. The van der Waals surface area contributed by atoms with Gasteiger partial charge in [0, 0.05) is 17.9 Å². The van der Waals surface area contributed by atoms with Crippen LogP contribution in [0.1, 0.15) is 65.2 Å². The third kappa shape index (κ3) is 4.81. The number of ether oxygens (including phenoxy) is 2. The second-order valence-electron chi connectivity index (χ2n) is 13.9. The minimum Gasteiger partial charge on any atom is -0.458 e. The van der Waals surface area contributed by atoms with Gasteiger partial charge < -0.3 is 9.47 Å². The van der Waals surface area contributed by atoms with Crippen LogP contribution >= 0.6 is 0 Å². The van der Waals surface area contributed by atoms with Crippen molar-refractivity contribution in [1.82, 2.24) is 9.97 Å². The molecule has 4 heterocycles. The lowest BCUT2D eigenvalue weighted by atomic mass is 9.34. The van der Waals surface area contributed by atoms with Crippen LogP contribution in [0.25, 0.3) is 22.5 Å². The largest absolute Gasteiger partial charge is 0.458 e. The molecule has 0 spiro atoms. The van der Waals surface area contributed by atoms with Crippen LogP contribution in [0.3, 0.4) is 0 Å². The number of hydrogen-bond donors (Lipinski definition) is 0. The van der Waals surface area contributed by atoms with Crippen LogP contribution in [0.5, 0.6) is 23.0 Å². The predicted molar refractivity (Wildman–Crippen MR) is 177 cm³/mol. The van der Waals surface area contributed by atoms with Gasteiger partial charge in [0.15, 0.2) is 0 Å². The fraction of sp³-hybridized carbons (Fsp3) is 0.263. The van der Waals surface area contributed by atoms with Gasteiger partial charge in [-0.05, 0) is 117 Å². The zero-order chi connectivity index (χ0) is 30.1. The van der Waals surface area contributed by atoms with E-state index in [9.17, 15) is 0 Å². The maximum Gasteiger partial charge on any atom is 0.260 e. The van der Waals surface area contributed by atoms with Gasteiger partial charge in [-0.3, -0.25) is 9.97 Å². The van der Waals surface area contributed by atoms with Crippen LogP contribution in [0.15, 0.2) is 85.2 Å². The zero-order valence-corrected chi connectivity index (χ0v) is 26.1. The summed E-state index contributed by atoms with van der Waals surface area (Å²) in [5.74, 6) is 3.49. The predicted octanol–water partition coefficient (Wildman–Crippen LogP) is 7.70. The van der Waals surface area contributed by atoms with Crippen molar-refractivity contribution >= 4 is 23.1 Å². The molecular weight excluding hydrogens is 527 g/mol. The maximum atomic E-state index is 6.61. The second kappa shape index (κ2) is 9.84. The fourth-order valence-corrected chi connectivity index (χ4v) is 6.19. The first-order valence-corrected chi connectivity index (χ1v) is 15.2. The molecule has 5 aromatic rings. The topological polar surface area (TPSA) is 44.2 Å². The number of benzene rings is 3. The summed E-state index contributed by atoms with van der Waals surface area (Å²) in [4.78, 5) is 9.55. The van der Waals surface area contributed by atoms with E-state index in [1.807, 2.05) is 12.4 Å². The average Bonchev–Trinajstić information content (AvgIpc) is 2.99. The maximum absolute atomic E-state index is 6.61. The second-order valence-corrected chi connectivity index (χ2v) is 13.9. The first-order valence-electron chi connectivity index (χ1n) is 15.2. The molecule has 0 saturated carbocycles. The first kappa shape index (κ1) is 27.5. The third-order valence-electron chi connectivity index (χ3n) is 8.79. The van der Waals surface area contributed by atoms with Crippen LogP contribution in [-0.2, 0) is 17.3 Å². The molecule has 4 nitrogen and oxygen atoms in total. The summed E-state index contributed by atoms with van der Waals surface area (Å²) in [7, 11) is 0. The SMILES string of the molecule is CCc1cc2c3c(c1)Oc1ccc(-c4cc(C(C)(C)C)ccn4)cc1B3c1cc(-c3cc(C(C)(C)C)ccn3)ccc1O2. The lowest BCUT2D eigenvalue weighted by Gasteiger charge is -2.34. The summed E-state index contributed by atoms with van der Waals surface area (Å²) in [6, 6.07) is 26.0. The average molecular weight is 565 g/mol. The Morgan fingerprint density at radius 1 is 0.581 bits per heavy atom. The molecule has 3 aromatic carbocycles. The van der Waals surface area contributed by atoms with Crippen molar-refractivity contribution in [3.63, 3.8) is 0 Å². The van der Waals surface area contributed by atoms with Gasteiger partial charge in [0.2, 0.25) is 0 Å². The van der Waals surface area contributed by atoms with Gasteiger partial charge in [-0.15, -0.1) is 0 Å². The Bertz CT molecular complexity index is 1770. The van der Waals surface area contributed by atoms with Crippen molar-refractivity contribution in [3.8, 4) is 45.5 Å². The van der Waals surface area contributed by atoms with Crippen molar-refractivity contribution in [1.29, 1.82) is 0 Å². The number of fused-ring (bicyclic) bond motifs is 4. The molecule has 2 aromatic heterocycles. The van der Waals surface area contributed by atoms with E-state index >= 15 is 0 Å². The lowest BCUT2D eigenvalue weighted by Crippen LogP contribution is -2.57. The number of hydrogen-bond acceptors (Lipinski definition) is 4. The summed E-state index contributed by atoms with van der Waals surface area (Å²) in [5, 5.41) is 0. The van der Waals surface area contributed by atoms with Gasteiger partial charge >= 0.3 is 0 Å². The molecule has 0 fully saturated rings. The Kier molecular flexibility index (Phi) is 6.28. The highest BCUT2D eigenvalue weighted by atomic mass is 16.5. The molecule has 0 N–H and O–H groups in total. The minimum atomic E-state index is -0.0418. The van der Waals surface area contributed by atoms with E-state index < -0.39 is 0 Å². The van der Waals surface area contributed by atoms with Crippen molar-refractivity contribution in [2.24, 2.45) is 0 Å². The standard InChI is InChI=1S/C38H37BN2O2/c1-8-23-17-34-36-35(18-23)43-33-12-10-25(31-22-27(14-16-41-31)38(5,6)7)20-29(33)39(36)28-19-24(9-11-32(28)42-34)30-21-26(13-15-40-30)37(2,3)4/h9-22H,8H2,1-7H3. The van der Waals surface area contributed by atoms with Gasteiger partial charge in [0.05, 0.1) is 11.4 Å². The lowest BCUT2D eigenvalue weighted by molar-refractivity contribution is 0.463. The molecule has 0 bridgehead atoms. The number of nitrogens with zero attached hydrogens (tertiary/aromatic N) is 2. The highest BCUT2D eigenvalue weighted by molar-refractivity contribution is 6.98. The fourth-order valence-electron chi connectivity index (χ4n) is 6.19. The molecule has 0 atom stereocenters. The smallest absolute Gasteiger partial charge is 0.260 e. The number of rotatable bonds is 3. The van der Waals surface area contributed by atoms with Gasteiger partial charge in [0.25, 0.3) is 6.71 Å². The number of pyridine rings is 2. The molecule has 2 aliphatic rings. The summed E-state index contributed by atoms with van der Waals surface area (Å²) < 4.78 is 13.2. The Morgan fingerprint density at radius 2 is 1.05 bits per heavy atom. The van der Waals surface area contributed by atoms with Crippen LogP contribution in [0, 0.1) is 0 Å². The summed E-state index contributed by atoms with van der Waals surface area (Å²) in [6.07, 6.45) is 4.74. The normalized spacial score (nSPS) is 13.4. The van der Waals surface area contributed by atoms with Crippen molar-refractivity contribution in [2.75, 3.05) is 0 Å². The van der Waals surface area contributed by atoms with E-state index in [1.165, 1.54) is 16.7 Å². The van der Waals surface area contributed by atoms with E-state index in [0.29, 0.717) is 0 Å². The van der Waals surface area contributed by atoms with Gasteiger partial charge in [-0.25, -0.2) is 0 Å². The summed E-state index contributed by atoms with van der Waals surface area (Å²) >= 11 is 0. The molecule has 43 heavy (non-hydrogen) atoms. The highest BCUT2D eigenvalue weighted by Crippen LogP contribution is 2.38. The van der Waals surface area contributed by atoms with Crippen LogP contribution in [0.4, 0.5) is 0 Å². The number of aryl methyl sites for hydroxylation is 1. The molecule has 0 amide bonds. The summed E-state index contributed by atoms with van der Waals surface area (Å²) in [6.45, 7) is 15.5. The molecular formula is C38H37BN2O2. The summed E-state index contributed by atoms with van der Waals surface area (Å²) in [5.41, 5.74) is 11.2. The van der Waals surface area contributed by atoms with E-state index in [2.05, 4.69) is 121 Å². The molecule has 214 valence electrons. The van der Waals surface area contributed by atoms with Crippen molar-refractivity contribution < 1.29 is 9.47 Å². The zero-order valence-electron chi connectivity index (χ0n) is 26.1. The molecule has 2 aliphatic heterocycles. The van der Waals surface area contributed by atoms with Crippen LogP contribution < -0.4 is 25.9 Å². The van der Waals surface area contributed by atoms with Gasteiger partial charge in [-0.1, -0.05) is 60.6 Å². The Morgan fingerprint density at radius 3 is 1.47 bits per heavy atom. The van der Waals surface area contributed by atoms with E-state index in [1.54, 1.807) is 0 Å². The Labute approximate surface area is 255 Å². The Balaban J connectivity index is 1.41. The van der Waals surface area contributed by atoms with Gasteiger partial charge in [-0.2, -0.15) is 0 Å². The molecule has 0 saturated heterocycles. The van der Waals surface area contributed by atoms with Crippen LogP contribution in [-0.4, -0.2) is 16.7 Å².